The fraction of sp³-hybridized carbons (Fsp3) is 0.417. The number of carboxylic acid groups (broad SMARTS) is 1. The SMILES string of the molecule is CSc1ccc(Cl)cc1C1(CC(=O)O)CC1. The first kappa shape index (κ1) is 11.8. The van der Waals surface area contributed by atoms with Gasteiger partial charge in [-0.25, -0.2) is 0 Å². The lowest BCUT2D eigenvalue weighted by atomic mass is 9.92. The first-order chi connectivity index (χ1) is 7.57. The second-order valence-electron chi connectivity index (χ2n) is 4.20. The number of carbonyl (C=O) groups is 1. The van der Waals surface area contributed by atoms with Gasteiger partial charge in [0.2, 0.25) is 0 Å². The van der Waals surface area contributed by atoms with Crippen molar-refractivity contribution in [2.45, 2.75) is 29.6 Å². The number of rotatable bonds is 4. The number of hydrogen-bond acceptors (Lipinski definition) is 2. The van der Waals surface area contributed by atoms with Crippen molar-refractivity contribution in [1.82, 2.24) is 0 Å². The van der Waals surface area contributed by atoms with Crippen LogP contribution in [-0.2, 0) is 10.2 Å². The van der Waals surface area contributed by atoms with E-state index in [2.05, 4.69) is 0 Å². The Morgan fingerprint density at radius 1 is 1.56 bits per heavy atom. The molecule has 0 spiro atoms. The molecule has 0 atom stereocenters. The zero-order valence-corrected chi connectivity index (χ0v) is 10.6. The number of carboxylic acids is 1. The van der Waals surface area contributed by atoms with Crippen LogP contribution in [0.4, 0.5) is 0 Å². The van der Waals surface area contributed by atoms with Crippen LogP contribution in [0.2, 0.25) is 5.02 Å². The van der Waals surface area contributed by atoms with Crippen molar-refractivity contribution in [3.63, 3.8) is 0 Å². The third-order valence-corrected chi connectivity index (χ3v) is 4.11. The van der Waals surface area contributed by atoms with E-state index >= 15 is 0 Å². The van der Waals surface area contributed by atoms with Gasteiger partial charge in [0.05, 0.1) is 6.42 Å². The van der Waals surface area contributed by atoms with E-state index in [0.29, 0.717) is 5.02 Å². The fourth-order valence-corrected chi connectivity index (χ4v) is 2.95. The van der Waals surface area contributed by atoms with E-state index in [1.807, 2.05) is 24.5 Å². The summed E-state index contributed by atoms with van der Waals surface area (Å²) in [5, 5.41) is 9.63. The Bertz CT molecular complexity index is 427. The summed E-state index contributed by atoms with van der Waals surface area (Å²) in [4.78, 5) is 12.0. The molecule has 1 fully saturated rings. The Morgan fingerprint density at radius 2 is 2.25 bits per heavy atom. The smallest absolute Gasteiger partial charge is 0.304 e. The van der Waals surface area contributed by atoms with Gasteiger partial charge < -0.3 is 5.11 Å². The third kappa shape index (κ3) is 2.20. The highest BCUT2D eigenvalue weighted by Gasteiger charge is 2.47. The maximum atomic E-state index is 10.9. The second-order valence-corrected chi connectivity index (χ2v) is 5.48. The van der Waals surface area contributed by atoms with E-state index in [1.165, 1.54) is 0 Å². The molecule has 16 heavy (non-hydrogen) atoms. The van der Waals surface area contributed by atoms with E-state index in [1.54, 1.807) is 11.8 Å². The Balaban J connectivity index is 2.38. The highest BCUT2D eigenvalue weighted by atomic mass is 35.5. The lowest BCUT2D eigenvalue weighted by Gasteiger charge is -2.17. The summed E-state index contributed by atoms with van der Waals surface area (Å²) in [6.45, 7) is 0. The first-order valence-electron chi connectivity index (χ1n) is 5.13. The molecule has 1 aliphatic carbocycles. The van der Waals surface area contributed by atoms with Crippen LogP contribution >= 0.6 is 23.4 Å². The van der Waals surface area contributed by atoms with Crippen LogP contribution in [0.5, 0.6) is 0 Å². The molecule has 0 unspecified atom stereocenters. The molecule has 1 aromatic rings. The molecule has 0 radical (unpaired) electrons. The van der Waals surface area contributed by atoms with Gasteiger partial charge in [-0.2, -0.15) is 0 Å². The Morgan fingerprint density at radius 3 is 2.75 bits per heavy atom. The monoisotopic (exact) mass is 256 g/mol. The van der Waals surface area contributed by atoms with E-state index in [4.69, 9.17) is 16.7 Å². The van der Waals surface area contributed by atoms with Crippen LogP contribution in [-0.4, -0.2) is 17.3 Å². The average molecular weight is 257 g/mol. The molecule has 0 saturated heterocycles. The second kappa shape index (κ2) is 4.30. The quantitative estimate of drug-likeness (QED) is 0.837. The maximum absolute atomic E-state index is 10.9. The Kier molecular flexibility index (Phi) is 3.17. The predicted octanol–water partition coefficient (Wildman–Crippen LogP) is 3.57. The van der Waals surface area contributed by atoms with E-state index in [0.717, 1.165) is 23.3 Å². The summed E-state index contributed by atoms with van der Waals surface area (Å²) in [5.41, 5.74) is 0.949. The van der Waals surface area contributed by atoms with Crippen LogP contribution in [0.15, 0.2) is 23.1 Å². The fourth-order valence-electron chi connectivity index (χ4n) is 2.08. The molecule has 0 aromatic heterocycles. The van der Waals surface area contributed by atoms with Crippen molar-refractivity contribution < 1.29 is 9.90 Å². The first-order valence-corrected chi connectivity index (χ1v) is 6.73. The van der Waals surface area contributed by atoms with Gasteiger partial charge in [0, 0.05) is 15.3 Å². The highest BCUT2D eigenvalue weighted by molar-refractivity contribution is 7.98. The zero-order chi connectivity index (χ0) is 11.8. The summed E-state index contributed by atoms with van der Waals surface area (Å²) in [6, 6.07) is 5.75. The Hall–Kier alpha value is -0.670. The Labute approximate surface area is 104 Å². The van der Waals surface area contributed by atoms with Gasteiger partial charge in [-0.1, -0.05) is 11.6 Å². The molecular weight excluding hydrogens is 244 g/mol. The van der Waals surface area contributed by atoms with Gasteiger partial charge in [0.25, 0.3) is 0 Å². The van der Waals surface area contributed by atoms with E-state index in [-0.39, 0.29) is 11.8 Å². The number of benzene rings is 1. The minimum atomic E-state index is -0.732. The normalized spacial score (nSPS) is 17.1. The van der Waals surface area contributed by atoms with Crippen LogP contribution in [0.25, 0.3) is 0 Å². The highest BCUT2D eigenvalue weighted by Crippen LogP contribution is 2.53. The summed E-state index contributed by atoms with van der Waals surface area (Å²) < 4.78 is 0. The van der Waals surface area contributed by atoms with Crippen LogP contribution < -0.4 is 0 Å². The van der Waals surface area contributed by atoms with Gasteiger partial charge in [0.1, 0.15) is 0 Å². The predicted molar refractivity (Wildman–Crippen MR) is 66.4 cm³/mol. The van der Waals surface area contributed by atoms with Gasteiger partial charge >= 0.3 is 5.97 Å². The summed E-state index contributed by atoms with van der Waals surface area (Å²) in [5.74, 6) is -0.732. The molecule has 2 nitrogen and oxygen atoms in total. The van der Waals surface area contributed by atoms with Crippen LogP contribution in [0.3, 0.4) is 0 Å². The average Bonchev–Trinajstić information content (AvgIpc) is 2.98. The van der Waals surface area contributed by atoms with Crippen molar-refractivity contribution in [1.29, 1.82) is 0 Å². The molecule has 1 aromatic carbocycles. The standard InChI is InChI=1S/C12H13ClO2S/c1-16-10-3-2-8(13)6-9(10)12(4-5-12)7-11(14)15/h2-3,6H,4-5,7H2,1H3,(H,14,15). The molecule has 1 aliphatic rings. The van der Waals surface area contributed by atoms with Gasteiger partial charge in [-0.05, 0) is 42.9 Å². The topological polar surface area (TPSA) is 37.3 Å². The molecule has 1 saturated carbocycles. The summed E-state index contributed by atoms with van der Waals surface area (Å²) in [6.07, 6.45) is 4.12. The molecule has 1 N–H and O–H groups in total. The number of thioether (sulfide) groups is 1. The summed E-state index contributed by atoms with van der Waals surface area (Å²) in [7, 11) is 0. The molecule has 0 bridgehead atoms. The van der Waals surface area contributed by atoms with Gasteiger partial charge in [0.15, 0.2) is 0 Å². The van der Waals surface area contributed by atoms with Crippen molar-refractivity contribution in [2.75, 3.05) is 6.26 Å². The lowest BCUT2D eigenvalue weighted by molar-refractivity contribution is -0.137. The van der Waals surface area contributed by atoms with Gasteiger partial charge in [-0.15, -0.1) is 11.8 Å². The van der Waals surface area contributed by atoms with E-state index in [9.17, 15) is 4.79 Å². The third-order valence-electron chi connectivity index (χ3n) is 3.08. The minimum Gasteiger partial charge on any atom is -0.481 e. The number of halogens is 1. The van der Waals surface area contributed by atoms with Crippen molar-refractivity contribution >= 4 is 29.3 Å². The molecule has 0 heterocycles. The van der Waals surface area contributed by atoms with Crippen molar-refractivity contribution in [3.05, 3.63) is 28.8 Å². The summed E-state index contributed by atoms with van der Waals surface area (Å²) >= 11 is 7.63. The van der Waals surface area contributed by atoms with Crippen molar-refractivity contribution in [3.8, 4) is 0 Å². The molecular formula is C12H13ClO2S. The molecule has 86 valence electrons. The van der Waals surface area contributed by atoms with Gasteiger partial charge in [-0.3, -0.25) is 4.79 Å². The number of hydrogen-bond donors (Lipinski definition) is 1. The minimum absolute atomic E-state index is 0.158. The van der Waals surface area contributed by atoms with Crippen molar-refractivity contribution in [2.24, 2.45) is 0 Å². The van der Waals surface area contributed by atoms with E-state index < -0.39 is 5.97 Å². The number of aliphatic carboxylic acids is 1. The molecule has 4 heteroatoms. The maximum Gasteiger partial charge on any atom is 0.304 e. The largest absolute Gasteiger partial charge is 0.481 e. The molecule has 0 aliphatic heterocycles. The van der Waals surface area contributed by atoms with Crippen LogP contribution in [0, 0.1) is 0 Å². The zero-order valence-electron chi connectivity index (χ0n) is 9.00. The molecule has 2 rings (SSSR count). The lowest BCUT2D eigenvalue weighted by Crippen LogP contribution is -2.13. The molecule has 0 amide bonds. The van der Waals surface area contributed by atoms with Crippen LogP contribution in [0.1, 0.15) is 24.8 Å².